The van der Waals surface area contributed by atoms with E-state index in [1.165, 1.54) is 16.8 Å². The van der Waals surface area contributed by atoms with Crippen LogP contribution in [0, 0.1) is 10.1 Å². The van der Waals surface area contributed by atoms with Gasteiger partial charge in [-0.25, -0.2) is 0 Å². The number of hydrogen-bond acceptors (Lipinski definition) is 3. The van der Waals surface area contributed by atoms with E-state index in [4.69, 9.17) is 23.0 Å². The molecule has 0 fully saturated rings. The van der Waals surface area contributed by atoms with Gasteiger partial charge in [-0.3, -0.25) is 14.8 Å². The lowest BCUT2D eigenvalue weighted by atomic mass is 10.2. The van der Waals surface area contributed by atoms with E-state index in [1.54, 1.807) is 42.5 Å². The number of nitrogens with zero attached hydrogens (tertiary/aromatic N) is 2. The Bertz CT molecular complexity index is 677. The molecular weight excluding hydrogens is 319 g/mol. The van der Waals surface area contributed by atoms with Crippen LogP contribution in [0.5, 0.6) is 0 Å². The highest BCUT2D eigenvalue weighted by Crippen LogP contribution is 2.58. The summed E-state index contributed by atoms with van der Waals surface area (Å²) in [6, 6.07) is 14.6. The lowest BCUT2D eigenvalue weighted by molar-refractivity contribution is -0.384. The SMILES string of the molecule is O=[N+]([O-])c1ccccc1N(c1ccccc1)P(O)(=S)Cl. The molecule has 0 aliphatic rings. The molecule has 0 heterocycles. The molecule has 0 aromatic heterocycles. The van der Waals surface area contributed by atoms with Gasteiger partial charge in [0.2, 0.25) is 5.77 Å². The molecule has 0 radical (unpaired) electrons. The summed E-state index contributed by atoms with van der Waals surface area (Å²) in [7, 11) is 0. The third-order valence-electron chi connectivity index (χ3n) is 2.55. The van der Waals surface area contributed by atoms with Crippen molar-refractivity contribution >= 4 is 45.9 Å². The highest BCUT2D eigenvalue weighted by molar-refractivity contribution is 8.25. The molecular formula is C12H10ClN2O3PS. The summed E-state index contributed by atoms with van der Waals surface area (Å²) >= 11 is 10.9. The van der Waals surface area contributed by atoms with Crippen LogP contribution < -0.4 is 4.67 Å². The number of para-hydroxylation sites is 3. The van der Waals surface area contributed by atoms with Crippen molar-refractivity contribution in [3.63, 3.8) is 0 Å². The highest BCUT2D eigenvalue weighted by Gasteiger charge is 2.28. The van der Waals surface area contributed by atoms with Crippen LogP contribution in [0.3, 0.4) is 0 Å². The van der Waals surface area contributed by atoms with Crippen LogP contribution in [-0.2, 0) is 11.8 Å². The van der Waals surface area contributed by atoms with E-state index in [0.717, 1.165) is 0 Å². The van der Waals surface area contributed by atoms with E-state index in [2.05, 4.69) is 0 Å². The van der Waals surface area contributed by atoms with Crippen LogP contribution in [0.2, 0.25) is 0 Å². The van der Waals surface area contributed by atoms with Crippen molar-refractivity contribution in [2.24, 2.45) is 0 Å². The summed E-state index contributed by atoms with van der Waals surface area (Å²) in [6.45, 7) is 0. The standard InChI is InChI=1S/C12H10ClN2O3PS/c13-19(18,20)14(10-6-2-1-3-7-10)11-8-4-5-9-12(11)15(16)17/h1-9H,(H,18,20). The zero-order valence-electron chi connectivity index (χ0n) is 10.1. The Balaban J connectivity index is 2.66. The second-order valence-corrected chi connectivity index (χ2v) is 8.76. The summed E-state index contributed by atoms with van der Waals surface area (Å²) in [4.78, 5) is 20.7. The van der Waals surface area contributed by atoms with E-state index in [1.807, 2.05) is 0 Å². The van der Waals surface area contributed by atoms with Crippen molar-refractivity contribution in [2.45, 2.75) is 0 Å². The second-order valence-electron chi connectivity index (χ2n) is 3.87. The van der Waals surface area contributed by atoms with Crippen LogP contribution in [0.1, 0.15) is 0 Å². The number of hydrogen-bond donors (Lipinski definition) is 1. The van der Waals surface area contributed by atoms with E-state index < -0.39 is 10.7 Å². The first kappa shape index (κ1) is 14.9. The fraction of sp³-hybridized carbons (Fsp3) is 0. The van der Waals surface area contributed by atoms with Gasteiger partial charge < -0.3 is 4.89 Å². The molecule has 1 atom stereocenters. The van der Waals surface area contributed by atoms with Crippen LogP contribution in [0.25, 0.3) is 0 Å². The molecule has 0 bridgehead atoms. The minimum absolute atomic E-state index is 0.166. The summed E-state index contributed by atoms with van der Waals surface area (Å²) in [5.41, 5.74) is 0.507. The van der Waals surface area contributed by atoms with Gasteiger partial charge in [-0.15, -0.1) is 0 Å². The Morgan fingerprint density at radius 2 is 1.70 bits per heavy atom. The van der Waals surface area contributed by atoms with Gasteiger partial charge in [0.25, 0.3) is 5.69 Å². The molecule has 0 spiro atoms. The van der Waals surface area contributed by atoms with Crippen LogP contribution in [0.15, 0.2) is 54.6 Å². The Kier molecular flexibility index (Phi) is 4.40. The van der Waals surface area contributed by atoms with Crippen molar-refractivity contribution in [3.8, 4) is 0 Å². The topological polar surface area (TPSA) is 66.6 Å². The first-order valence-electron chi connectivity index (χ1n) is 5.53. The molecule has 0 saturated carbocycles. The Hall–Kier alpha value is -1.46. The normalized spacial score (nSPS) is 13.5. The van der Waals surface area contributed by atoms with Gasteiger partial charge in [-0.2, -0.15) is 0 Å². The molecule has 5 nitrogen and oxygen atoms in total. The second kappa shape index (κ2) is 5.89. The molecule has 104 valence electrons. The minimum Gasteiger partial charge on any atom is -0.338 e. The van der Waals surface area contributed by atoms with Gasteiger partial charge in [-0.1, -0.05) is 30.3 Å². The first-order chi connectivity index (χ1) is 9.41. The zero-order chi connectivity index (χ0) is 14.8. The zero-order valence-corrected chi connectivity index (χ0v) is 12.6. The predicted molar refractivity (Wildman–Crippen MR) is 84.0 cm³/mol. The molecule has 0 aliphatic carbocycles. The van der Waals surface area contributed by atoms with Crippen LogP contribution in [0.4, 0.5) is 17.1 Å². The third-order valence-corrected chi connectivity index (χ3v) is 4.44. The number of benzene rings is 2. The number of halogens is 1. The average molecular weight is 329 g/mol. The van der Waals surface area contributed by atoms with Gasteiger partial charge in [0.1, 0.15) is 5.69 Å². The monoisotopic (exact) mass is 328 g/mol. The van der Waals surface area contributed by atoms with Crippen molar-refractivity contribution in [3.05, 3.63) is 64.7 Å². The first-order valence-corrected chi connectivity index (χ1v) is 9.14. The Morgan fingerprint density at radius 1 is 1.15 bits per heavy atom. The largest absolute Gasteiger partial charge is 0.338 e. The van der Waals surface area contributed by atoms with Crippen LogP contribution in [-0.4, -0.2) is 9.82 Å². The summed E-state index contributed by atoms with van der Waals surface area (Å²) in [6.07, 6.45) is 0. The smallest absolute Gasteiger partial charge is 0.293 e. The molecule has 1 N–H and O–H groups in total. The van der Waals surface area contributed by atoms with Gasteiger partial charge >= 0.3 is 0 Å². The minimum atomic E-state index is -3.45. The number of rotatable bonds is 4. The number of nitro groups is 1. The predicted octanol–water partition coefficient (Wildman–Crippen LogP) is 4.19. The van der Waals surface area contributed by atoms with Gasteiger partial charge in [0.15, 0.2) is 0 Å². The molecule has 0 aliphatic heterocycles. The van der Waals surface area contributed by atoms with Gasteiger partial charge in [0, 0.05) is 11.8 Å². The maximum atomic E-state index is 11.1. The molecule has 2 aromatic rings. The number of anilines is 2. The summed E-state index contributed by atoms with van der Waals surface area (Å²) in [5.74, 6) is -3.45. The van der Waals surface area contributed by atoms with Crippen molar-refractivity contribution in [1.29, 1.82) is 0 Å². The van der Waals surface area contributed by atoms with Crippen molar-refractivity contribution in [1.82, 2.24) is 0 Å². The Morgan fingerprint density at radius 3 is 2.25 bits per heavy atom. The van der Waals surface area contributed by atoms with Crippen LogP contribution >= 0.6 is 17.0 Å². The molecule has 0 saturated heterocycles. The fourth-order valence-corrected chi connectivity index (χ4v) is 3.69. The molecule has 8 heteroatoms. The molecule has 0 amide bonds. The number of nitro benzene ring substituents is 1. The van der Waals surface area contributed by atoms with E-state index in [-0.39, 0.29) is 11.4 Å². The van der Waals surface area contributed by atoms with E-state index >= 15 is 0 Å². The van der Waals surface area contributed by atoms with Gasteiger partial charge in [-0.05, 0) is 41.2 Å². The van der Waals surface area contributed by atoms with E-state index in [9.17, 15) is 15.0 Å². The van der Waals surface area contributed by atoms with E-state index in [0.29, 0.717) is 5.69 Å². The lowest BCUT2D eigenvalue weighted by Crippen LogP contribution is -2.11. The molecule has 2 aromatic carbocycles. The molecule has 20 heavy (non-hydrogen) atoms. The third kappa shape index (κ3) is 3.16. The fourth-order valence-electron chi connectivity index (χ4n) is 1.78. The maximum Gasteiger partial charge on any atom is 0.293 e. The molecule has 2 rings (SSSR count). The summed E-state index contributed by atoms with van der Waals surface area (Å²) < 4.78 is 1.24. The average Bonchev–Trinajstić information content (AvgIpc) is 2.39. The van der Waals surface area contributed by atoms with Crippen molar-refractivity contribution in [2.75, 3.05) is 4.67 Å². The quantitative estimate of drug-likeness (QED) is 0.518. The van der Waals surface area contributed by atoms with Crippen molar-refractivity contribution < 1.29 is 9.82 Å². The summed E-state index contributed by atoms with van der Waals surface area (Å²) in [5, 5.41) is 11.1. The van der Waals surface area contributed by atoms with Gasteiger partial charge in [0.05, 0.1) is 4.92 Å². The Labute approximate surface area is 125 Å². The highest BCUT2D eigenvalue weighted by atomic mass is 35.7. The molecule has 1 unspecified atom stereocenters. The maximum absolute atomic E-state index is 11.1. The lowest BCUT2D eigenvalue weighted by Gasteiger charge is -2.27.